The van der Waals surface area contributed by atoms with Crippen molar-refractivity contribution >= 4 is 0 Å². The van der Waals surface area contributed by atoms with Gasteiger partial charge in [0.15, 0.2) is 0 Å². The molecule has 1 rings (SSSR count). The molecule has 96 valence electrons. The van der Waals surface area contributed by atoms with Crippen LogP contribution in [0.1, 0.15) is 65.7 Å². The lowest BCUT2D eigenvalue weighted by Gasteiger charge is -2.40. The normalized spacial score (nSPS) is 21.0. The SMILES string of the molecule is CCC(CC)(CN)CNC1(C)CCCCC1. The van der Waals surface area contributed by atoms with Crippen molar-refractivity contribution in [3.63, 3.8) is 0 Å². The Labute approximate surface area is 101 Å². The molecule has 0 heterocycles. The molecule has 16 heavy (non-hydrogen) atoms. The Morgan fingerprint density at radius 2 is 1.69 bits per heavy atom. The zero-order valence-electron chi connectivity index (χ0n) is 11.4. The fourth-order valence-corrected chi connectivity index (χ4v) is 2.77. The topological polar surface area (TPSA) is 38.0 Å². The number of rotatable bonds is 6. The van der Waals surface area contributed by atoms with E-state index in [9.17, 15) is 0 Å². The van der Waals surface area contributed by atoms with Gasteiger partial charge >= 0.3 is 0 Å². The summed E-state index contributed by atoms with van der Waals surface area (Å²) in [5.74, 6) is 0. The van der Waals surface area contributed by atoms with E-state index in [0.29, 0.717) is 11.0 Å². The fourth-order valence-electron chi connectivity index (χ4n) is 2.77. The van der Waals surface area contributed by atoms with Crippen molar-refractivity contribution in [3.05, 3.63) is 0 Å². The Hall–Kier alpha value is -0.0800. The van der Waals surface area contributed by atoms with Crippen molar-refractivity contribution in [1.82, 2.24) is 5.32 Å². The molecule has 0 bridgehead atoms. The van der Waals surface area contributed by atoms with Gasteiger partial charge in [-0.2, -0.15) is 0 Å². The van der Waals surface area contributed by atoms with Gasteiger partial charge in [-0.1, -0.05) is 33.1 Å². The van der Waals surface area contributed by atoms with Crippen LogP contribution in [-0.4, -0.2) is 18.6 Å². The van der Waals surface area contributed by atoms with Gasteiger partial charge in [0.25, 0.3) is 0 Å². The van der Waals surface area contributed by atoms with Crippen LogP contribution < -0.4 is 11.1 Å². The standard InChI is InChI=1S/C14H30N2/c1-4-14(5-2,11-15)12-16-13(3)9-7-6-8-10-13/h16H,4-12,15H2,1-3H3. The Kier molecular flexibility index (Phi) is 5.26. The summed E-state index contributed by atoms with van der Waals surface area (Å²) in [5, 5.41) is 3.81. The first-order chi connectivity index (χ1) is 7.60. The van der Waals surface area contributed by atoms with E-state index in [-0.39, 0.29) is 0 Å². The molecule has 0 aromatic heterocycles. The number of hydrogen-bond donors (Lipinski definition) is 2. The van der Waals surface area contributed by atoms with Crippen LogP contribution >= 0.6 is 0 Å². The molecule has 3 N–H and O–H groups in total. The van der Waals surface area contributed by atoms with E-state index < -0.39 is 0 Å². The van der Waals surface area contributed by atoms with E-state index >= 15 is 0 Å². The fraction of sp³-hybridized carbons (Fsp3) is 1.00. The van der Waals surface area contributed by atoms with Gasteiger partial charge in [-0.05, 0) is 44.6 Å². The molecule has 1 saturated carbocycles. The largest absolute Gasteiger partial charge is 0.330 e. The van der Waals surface area contributed by atoms with Crippen LogP contribution in [0.25, 0.3) is 0 Å². The summed E-state index contributed by atoms with van der Waals surface area (Å²) in [4.78, 5) is 0. The van der Waals surface area contributed by atoms with E-state index in [1.54, 1.807) is 0 Å². The number of nitrogens with one attached hydrogen (secondary N) is 1. The quantitative estimate of drug-likeness (QED) is 0.730. The summed E-state index contributed by atoms with van der Waals surface area (Å²) in [5.41, 5.74) is 6.65. The lowest BCUT2D eigenvalue weighted by molar-refractivity contribution is 0.186. The number of hydrogen-bond acceptors (Lipinski definition) is 2. The van der Waals surface area contributed by atoms with Crippen LogP contribution in [0.4, 0.5) is 0 Å². The third-order valence-corrected chi connectivity index (χ3v) is 4.78. The summed E-state index contributed by atoms with van der Waals surface area (Å²) >= 11 is 0. The Morgan fingerprint density at radius 3 is 2.12 bits per heavy atom. The molecule has 2 heteroatoms. The molecule has 1 fully saturated rings. The average Bonchev–Trinajstić information content (AvgIpc) is 2.33. The molecular formula is C14H30N2. The first-order valence-corrected chi connectivity index (χ1v) is 7.05. The molecule has 0 amide bonds. The van der Waals surface area contributed by atoms with Crippen molar-refractivity contribution in [2.75, 3.05) is 13.1 Å². The highest BCUT2D eigenvalue weighted by molar-refractivity contribution is 4.90. The molecule has 0 unspecified atom stereocenters. The monoisotopic (exact) mass is 226 g/mol. The van der Waals surface area contributed by atoms with Crippen LogP contribution in [-0.2, 0) is 0 Å². The molecule has 0 aliphatic heterocycles. The maximum absolute atomic E-state index is 5.95. The summed E-state index contributed by atoms with van der Waals surface area (Å²) < 4.78 is 0. The average molecular weight is 226 g/mol. The van der Waals surface area contributed by atoms with Gasteiger partial charge in [-0.3, -0.25) is 0 Å². The summed E-state index contributed by atoms with van der Waals surface area (Å²) in [6, 6.07) is 0. The van der Waals surface area contributed by atoms with Crippen LogP contribution in [0.15, 0.2) is 0 Å². The van der Waals surface area contributed by atoms with Gasteiger partial charge in [-0.25, -0.2) is 0 Å². The Bertz CT molecular complexity index is 183. The van der Waals surface area contributed by atoms with Crippen molar-refractivity contribution in [2.45, 2.75) is 71.3 Å². The minimum absolute atomic E-state index is 0.320. The summed E-state index contributed by atoms with van der Waals surface area (Å²) in [7, 11) is 0. The molecule has 2 nitrogen and oxygen atoms in total. The summed E-state index contributed by atoms with van der Waals surface area (Å²) in [6.07, 6.45) is 9.23. The highest BCUT2D eigenvalue weighted by Crippen LogP contribution is 2.30. The molecule has 0 aromatic rings. The highest BCUT2D eigenvalue weighted by Gasteiger charge is 2.31. The van der Waals surface area contributed by atoms with E-state index in [0.717, 1.165) is 13.1 Å². The molecular weight excluding hydrogens is 196 g/mol. The minimum Gasteiger partial charge on any atom is -0.330 e. The van der Waals surface area contributed by atoms with Gasteiger partial charge in [0.1, 0.15) is 0 Å². The lowest BCUT2D eigenvalue weighted by Crippen LogP contribution is -2.50. The first kappa shape index (κ1) is 14.0. The minimum atomic E-state index is 0.320. The van der Waals surface area contributed by atoms with Gasteiger partial charge in [0.05, 0.1) is 0 Å². The molecule has 0 aromatic carbocycles. The molecule has 0 saturated heterocycles. The van der Waals surface area contributed by atoms with Crippen LogP contribution in [0, 0.1) is 5.41 Å². The second kappa shape index (κ2) is 6.02. The van der Waals surface area contributed by atoms with E-state index in [2.05, 4.69) is 26.1 Å². The highest BCUT2D eigenvalue weighted by atomic mass is 15.0. The molecule has 0 atom stereocenters. The van der Waals surface area contributed by atoms with Gasteiger partial charge in [-0.15, -0.1) is 0 Å². The van der Waals surface area contributed by atoms with Crippen LogP contribution in [0.2, 0.25) is 0 Å². The molecule has 1 aliphatic carbocycles. The Morgan fingerprint density at radius 1 is 1.12 bits per heavy atom. The first-order valence-electron chi connectivity index (χ1n) is 7.05. The van der Waals surface area contributed by atoms with Crippen LogP contribution in [0.3, 0.4) is 0 Å². The van der Waals surface area contributed by atoms with E-state index in [1.165, 1.54) is 44.9 Å². The maximum atomic E-state index is 5.95. The maximum Gasteiger partial charge on any atom is 0.0153 e. The molecule has 0 radical (unpaired) electrons. The predicted octanol–water partition coefficient (Wildman–Crippen LogP) is 3.06. The number of nitrogens with two attached hydrogens (primary N) is 1. The second-order valence-corrected chi connectivity index (χ2v) is 5.89. The third kappa shape index (κ3) is 3.46. The Balaban J connectivity index is 2.47. The van der Waals surface area contributed by atoms with Crippen molar-refractivity contribution in [3.8, 4) is 0 Å². The van der Waals surface area contributed by atoms with Crippen molar-refractivity contribution in [2.24, 2.45) is 11.1 Å². The van der Waals surface area contributed by atoms with Gasteiger partial charge in [0.2, 0.25) is 0 Å². The van der Waals surface area contributed by atoms with Gasteiger partial charge in [0, 0.05) is 12.1 Å². The smallest absolute Gasteiger partial charge is 0.0153 e. The zero-order chi connectivity index (χ0) is 12.1. The molecule has 0 spiro atoms. The third-order valence-electron chi connectivity index (χ3n) is 4.78. The van der Waals surface area contributed by atoms with Gasteiger partial charge < -0.3 is 11.1 Å². The van der Waals surface area contributed by atoms with E-state index in [1.807, 2.05) is 0 Å². The molecule has 1 aliphatic rings. The zero-order valence-corrected chi connectivity index (χ0v) is 11.4. The summed E-state index contributed by atoms with van der Waals surface area (Å²) in [6.45, 7) is 8.82. The predicted molar refractivity (Wildman–Crippen MR) is 71.6 cm³/mol. The van der Waals surface area contributed by atoms with E-state index in [4.69, 9.17) is 5.73 Å². The van der Waals surface area contributed by atoms with Crippen molar-refractivity contribution < 1.29 is 0 Å². The van der Waals surface area contributed by atoms with Crippen molar-refractivity contribution in [1.29, 1.82) is 0 Å². The van der Waals surface area contributed by atoms with Crippen LogP contribution in [0.5, 0.6) is 0 Å². The lowest BCUT2D eigenvalue weighted by atomic mass is 9.79. The second-order valence-electron chi connectivity index (χ2n) is 5.89.